The molecule has 488 valence electrons. The molecule has 0 radical (unpaired) electrons. The molecule has 5 aromatic rings. The van der Waals surface area contributed by atoms with Crippen molar-refractivity contribution in [3.8, 4) is 0 Å². The third-order valence-corrected chi connectivity index (χ3v) is 15.3. The molecule has 0 saturated carbocycles. The van der Waals surface area contributed by atoms with E-state index in [4.69, 9.17) is 30.5 Å². The Hall–Kier alpha value is -5.19. The van der Waals surface area contributed by atoms with Gasteiger partial charge in [0.1, 0.15) is 35.8 Å². The number of carboxylic acid groups (broad SMARTS) is 3. The predicted molar refractivity (Wildman–Crippen MR) is 360 cm³/mol. The number of carboxylic acids is 3. The highest BCUT2D eigenvalue weighted by Gasteiger charge is 2.45. The van der Waals surface area contributed by atoms with E-state index in [1.165, 1.54) is 17.3 Å². The van der Waals surface area contributed by atoms with Gasteiger partial charge in [0.15, 0.2) is 0 Å². The fourth-order valence-corrected chi connectivity index (χ4v) is 8.74. The van der Waals surface area contributed by atoms with Crippen LogP contribution in [-0.2, 0) is 79.9 Å². The number of hydrogen-bond acceptors (Lipinski definition) is 13. The molecule has 0 heterocycles. The highest BCUT2D eigenvalue weighted by Crippen LogP contribution is 2.22. The van der Waals surface area contributed by atoms with Gasteiger partial charge in [0.25, 0.3) is 0 Å². The first kappa shape index (κ1) is 81.8. The summed E-state index contributed by atoms with van der Waals surface area (Å²) in [6.45, 7) is 5.35. The number of nitrogens with zero attached hydrogens (tertiary/aromatic N) is 2. The molecule has 5 unspecified atom stereocenters. The number of nitrogens with one attached hydrogen (secondary N) is 2. The first-order valence-corrected chi connectivity index (χ1v) is 31.3. The molecule has 0 bridgehead atoms. The maximum atomic E-state index is 12.5. The fourth-order valence-electron chi connectivity index (χ4n) is 6.95. The number of esters is 2. The Morgan fingerprint density at radius 2 is 0.775 bits per heavy atom. The summed E-state index contributed by atoms with van der Waals surface area (Å²) in [6, 6.07) is 31.8. The molecule has 0 aliphatic heterocycles. The molecule has 0 spiro atoms. The van der Waals surface area contributed by atoms with Gasteiger partial charge in [-0.05, 0) is 242 Å². The number of aliphatic carboxylic acids is 3. The van der Waals surface area contributed by atoms with E-state index < -0.39 is 95.9 Å². The standard InChI is InChI=1S/C16H22INO4.C13H13F3INO3.C11H9F3INO3.C10H12INO2.C9H10INO2/c1-16(2,3)22-15(20)18(4)13(14(19)21-5)10-11-6-8-12(17)9-7-11;1-18(12(20)13(14,15)16)10(11(19)21-2)7-8-3-5-9(17)6-4-8;12-11(13,14)10(19)16-8(9(17)18)5-6-1-3-7(15)4-2-6;1-12-9(10(13)14)6-7-2-4-8(11)5-3-7;10-7-3-1-6(2-4-7)5-8(11)9(12)13/h6-9,13H,10H2,1-5H3;3-6,10H,7H2,1-2H3;1-4,8H,5H2,(H,16,19)(H,17,18);2-5,9,12H,6H2,1H3,(H,13,14);1-4,8H,5,11H2,(H,12,13). The molecule has 0 aliphatic carbocycles. The Labute approximate surface area is 579 Å². The van der Waals surface area contributed by atoms with Crippen LogP contribution in [0.2, 0.25) is 0 Å². The third-order valence-electron chi connectivity index (χ3n) is 11.7. The number of rotatable bonds is 19. The van der Waals surface area contributed by atoms with Gasteiger partial charge in [-0.25, -0.2) is 19.2 Å². The molecular formula is C59H66F6I5N5O14. The lowest BCUT2D eigenvalue weighted by molar-refractivity contribution is -0.188. The smallest absolute Gasteiger partial charge is 0.471 e. The average molecular weight is 1820 g/mol. The molecule has 7 N–H and O–H groups in total. The SMILES string of the molecule is CNC(Cc1ccc(I)cc1)C(=O)O.COC(=O)C(Cc1ccc(I)cc1)N(C)C(=O)C(F)(F)F.COC(=O)C(Cc1ccc(I)cc1)N(C)C(=O)OC(C)(C)C.NC(Cc1ccc(I)cc1)C(=O)O.O=C(O)C(Cc1ccc(I)cc1)NC(=O)C(F)(F)F. The Kier molecular flexibility index (Phi) is 36.7. The number of likely N-dealkylation sites (N-methyl/N-ethyl adjacent to an activating group) is 3. The second-order valence-electron chi connectivity index (χ2n) is 19.7. The van der Waals surface area contributed by atoms with E-state index in [9.17, 15) is 64.7 Å². The maximum Gasteiger partial charge on any atom is 0.471 e. The topological polar surface area (TPSA) is 281 Å². The molecule has 0 saturated heterocycles. The van der Waals surface area contributed by atoms with Crippen molar-refractivity contribution in [1.29, 1.82) is 0 Å². The van der Waals surface area contributed by atoms with Crippen molar-refractivity contribution in [1.82, 2.24) is 20.4 Å². The van der Waals surface area contributed by atoms with Gasteiger partial charge in [-0.3, -0.25) is 24.1 Å². The first-order chi connectivity index (χ1) is 41.2. The van der Waals surface area contributed by atoms with E-state index in [-0.39, 0.29) is 12.8 Å². The van der Waals surface area contributed by atoms with E-state index in [0.717, 1.165) is 48.7 Å². The fraction of sp³-hybridized carbons (Fsp3) is 0.356. The lowest BCUT2D eigenvalue weighted by Gasteiger charge is -2.29. The number of hydrogen-bond donors (Lipinski definition) is 6. The van der Waals surface area contributed by atoms with Gasteiger partial charge >= 0.3 is 60.1 Å². The molecular weight excluding hydrogens is 1750 g/mol. The number of amides is 3. The molecule has 0 aliphatic rings. The van der Waals surface area contributed by atoms with Crippen LogP contribution in [0.15, 0.2) is 121 Å². The lowest BCUT2D eigenvalue weighted by atomic mass is 10.0. The van der Waals surface area contributed by atoms with Crippen LogP contribution in [0.5, 0.6) is 0 Å². The van der Waals surface area contributed by atoms with E-state index in [1.54, 1.807) is 83.4 Å². The summed E-state index contributed by atoms with van der Waals surface area (Å²) in [5.41, 5.74) is 8.86. The molecule has 5 rings (SSSR count). The number of methoxy groups -OCH3 is 2. The second kappa shape index (κ2) is 39.9. The van der Waals surface area contributed by atoms with Gasteiger partial charge in [0.05, 0.1) is 14.2 Å². The van der Waals surface area contributed by atoms with Crippen LogP contribution in [0, 0.1) is 17.9 Å². The Morgan fingerprint density at radius 1 is 0.483 bits per heavy atom. The van der Waals surface area contributed by atoms with Gasteiger partial charge in [-0.15, -0.1) is 0 Å². The highest BCUT2D eigenvalue weighted by atomic mass is 127. The van der Waals surface area contributed by atoms with E-state index in [1.807, 2.05) is 95.4 Å². The summed E-state index contributed by atoms with van der Waals surface area (Å²) >= 11 is 10.7. The van der Waals surface area contributed by atoms with Crippen LogP contribution in [-0.4, -0.2) is 156 Å². The van der Waals surface area contributed by atoms with Crippen molar-refractivity contribution < 1.29 is 94.2 Å². The van der Waals surface area contributed by atoms with Gasteiger partial charge in [-0.2, -0.15) is 26.3 Å². The van der Waals surface area contributed by atoms with Gasteiger partial charge in [0, 0.05) is 51.2 Å². The van der Waals surface area contributed by atoms with Crippen LogP contribution in [0.3, 0.4) is 0 Å². The minimum atomic E-state index is -5.10. The number of benzene rings is 5. The molecule has 5 atom stereocenters. The summed E-state index contributed by atoms with van der Waals surface area (Å²) in [7, 11) is 6.51. The number of alkyl halides is 6. The Morgan fingerprint density at radius 3 is 1.03 bits per heavy atom. The number of halogens is 11. The molecule has 0 aromatic heterocycles. The Balaban J connectivity index is 0.000000564. The molecule has 30 heteroatoms. The first-order valence-electron chi connectivity index (χ1n) is 25.9. The number of carbonyl (C=O) groups excluding carboxylic acids is 5. The number of carbonyl (C=O) groups is 8. The summed E-state index contributed by atoms with van der Waals surface area (Å²) in [5.74, 6) is -8.99. The van der Waals surface area contributed by atoms with Crippen LogP contribution >= 0.6 is 113 Å². The summed E-state index contributed by atoms with van der Waals surface area (Å²) in [4.78, 5) is 91.5. The molecule has 89 heavy (non-hydrogen) atoms. The molecule has 5 aromatic carbocycles. The van der Waals surface area contributed by atoms with Crippen LogP contribution in [0.1, 0.15) is 48.6 Å². The van der Waals surface area contributed by atoms with Crippen molar-refractivity contribution >= 4 is 161 Å². The van der Waals surface area contributed by atoms with E-state index >= 15 is 0 Å². The Bertz CT molecular complexity index is 3070. The van der Waals surface area contributed by atoms with Gasteiger partial charge in [0.2, 0.25) is 0 Å². The quantitative estimate of drug-likeness (QED) is 0.0194. The average Bonchev–Trinajstić information content (AvgIpc) is 3.68. The zero-order valence-electron chi connectivity index (χ0n) is 48.9. The summed E-state index contributed by atoms with van der Waals surface area (Å²) < 4.78 is 93.5. The number of ether oxygens (including phenoxy) is 3. The maximum absolute atomic E-state index is 12.5. The van der Waals surface area contributed by atoms with Crippen LogP contribution in [0.25, 0.3) is 0 Å². The van der Waals surface area contributed by atoms with Crippen LogP contribution in [0.4, 0.5) is 31.1 Å². The second-order valence-corrected chi connectivity index (χ2v) is 26.0. The largest absolute Gasteiger partial charge is 0.480 e. The zero-order valence-corrected chi connectivity index (χ0v) is 59.7. The van der Waals surface area contributed by atoms with Crippen molar-refractivity contribution in [2.45, 2.75) is 101 Å². The van der Waals surface area contributed by atoms with Crippen molar-refractivity contribution in [2.75, 3.05) is 35.4 Å². The predicted octanol–water partition coefficient (Wildman–Crippen LogP) is 10.4. The molecule has 19 nitrogen and oxygen atoms in total. The molecule has 3 amide bonds. The monoisotopic (exact) mass is 1820 g/mol. The van der Waals surface area contributed by atoms with Crippen molar-refractivity contribution in [2.24, 2.45) is 5.73 Å². The summed E-state index contributed by atoms with van der Waals surface area (Å²) in [5, 5.41) is 30.4. The third kappa shape index (κ3) is 33.1. The van der Waals surface area contributed by atoms with E-state index in [0.29, 0.717) is 35.3 Å². The number of nitrogens with two attached hydrogens (primary N) is 1. The van der Waals surface area contributed by atoms with Gasteiger partial charge in [-0.1, -0.05) is 60.7 Å². The van der Waals surface area contributed by atoms with Crippen molar-refractivity contribution in [3.63, 3.8) is 0 Å². The molecule has 0 fully saturated rings. The minimum Gasteiger partial charge on any atom is -0.480 e. The van der Waals surface area contributed by atoms with Crippen LogP contribution < -0.4 is 16.4 Å². The van der Waals surface area contributed by atoms with E-state index in [2.05, 4.69) is 100 Å². The zero-order chi connectivity index (χ0) is 68.1. The van der Waals surface area contributed by atoms with Crippen molar-refractivity contribution in [3.05, 3.63) is 167 Å². The normalized spacial score (nSPS) is 12.6. The highest BCUT2D eigenvalue weighted by molar-refractivity contribution is 14.1. The lowest BCUT2D eigenvalue weighted by Crippen LogP contribution is -2.49. The minimum absolute atomic E-state index is 0.0537. The summed E-state index contributed by atoms with van der Waals surface area (Å²) in [6.07, 6.45) is -9.68. The van der Waals surface area contributed by atoms with Gasteiger partial charge < -0.3 is 50.8 Å².